The summed E-state index contributed by atoms with van der Waals surface area (Å²) in [6.07, 6.45) is -7.85. The first kappa shape index (κ1) is 24.6. The minimum Gasteiger partial charge on any atom is -0.466 e. The summed E-state index contributed by atoms with van der Waals surface area (Å²) in [7, 11) is 0. The molecule has 0 saturated heterocycles. The van der Waals surface area contributed by atoms with Gasteiger partial charge in [0.2, 0.25) is 11.8 Å². The van der Waals surface area contributed by atoms with Gasteiger partial charge in [0.05, 0.1) is 17.4 Å². The highest BCUT2D eigenvalue weighted by Crippen LogP contribution is 2.39. The van der Waals surface area contributed by atoms with Gasteiger partial charge in [-0.25, -0.2) is 14.8 Å². The van der Waals surface area contributed by atoms with Crippen LogP contribution in [-0.4, -0.2) is 46.1 Å². The van der Waals surface area contributed by atoms with Gasteiger partial charge in [0.15, 0.2) is 6.61 Å². The Morgan fingerprint density at radius 1 is 1.15 bits per heavy atom. The molecule has 33 heavy (non-hydrogen) atoms. The molecule has 3 rings (SSSR count). The number of ether oxygens (including phenoxy) is 2. The minimum absolute atomic E-state index is 0.0461. The molecule has 0 bridgehead atoms. The number of aliphatic hydroxyl groups is 1. The van der Waals surface area contributed by atoms with E-state index in [2.05, 4.69) is 20.0 Å². The van der Waals surface area contributed by atoms with Crippen molar-refractivity contribution >= 4 is 6.09 Å². The van der Waals surface area contributed by atoms with Crippen LogP contribution >= 0.6 is 0 Å². The van der Waals surface area contributed by atoms with Crippen LogP contribution in [0.15, 0.2) is 30.5 Å². The predicted octanol–water partition coefficient (Wildman–Crippen LogP) is 4.35. The standard InChI is InChI=1S/C20H19F6N3O4/c1-18(31,12-6-7-12)9-28-17(30)33-14-8-27-16(32-10-19(21,22)23)15(29-14)11-2-4-13(5-3-11)20(24,25)26/h2-5,8,12,31H,6-7,9-10H2,1H3,(H,28,30)/t18-/m0/s1. The van der Waals surface area contributed by atoms with Crippen LogP contribution in [0.2, 0.25) is 0 Å². The van der Waals surface area contributed by atoms with Crippen molar-refractivity contribution < 1.29 is 45.7 Å². The second-order valence-corrected chi connectivity index (χ2v) is 7.72. The molecule has 1 atom stereocenters. The fraction of sp³-hybridized carbons (Fsp3) is 0.450. The van der Waals surface area contributed by atoms with Crippen LogP contribution in [0.1, 0.15) is 25.3 Å². The lowest BCUT2D eigenvalue weighted by atomic mass is 10.0. The van der Waals surface area contributed by atoms with Crippen molar-refractivity contribution in [2.45, 2.75) is 37.7 Å². The van der Waals surface area contributed by atoms with Crippen LogP contribution in [0.3, 0.4) is 0 Å². The Morgan fingerprint density at radius 2 is 1.79 bits per heavy atom. The van der Waals surface area contributed by atoms with Crippen LogP contribution in [-0.2, 0) is 6.18 Å². The van der Waals surface area contributed by atoms with Gasteiger partial charge in [-0.3, -0.25) is 0 Å². The Kier molecular flexibility index (Phi) is 6.73. The van der Waals surface area contributed by atoms with Gasteiger partial charge in [0.25, 0.3) is 0 Å². The monoisotopic (exact) mass is 479 g/mol. The molecule has 1 aliphatic rings. The zero-order valence-corrected chi connectivity index (χ0v) is 17.1. The molecule has 2 N–H and O–H groups in total. The molecule has 0 unspecified atom stereocenters. The summed E-state index contributed by atoms with van der Waals surface area (Å²) in [5.41, 5.74) is -2.52. The maximum Gasteiger partial charge on any atom is 0.422 e. The maximum atomic E-state index is 12.8. The van der Waals surface area contributed by atoms with Crippen LogP contribution in [0, 0.1) is 5.92 Å². The molecule has 0 spiro atoms. The van der Waals surface area contributed by atoms with Gasteiger partial charge < -0.3 is 19.9 Å². The highest BCUT2D eigenvalue weighted by atomic mass is 19.4. The van der Waals surface area contributed by atoms with E-state index in [1.165, 1.54) is 0 Å². The van der Waals surface area contributed by atoms with E-state index >= 15 is 0 Å². The van der Waals surface area contributed by atoms with Gasteiger partial charge in [0.1, 0.15) is 5.69 Å². The third kappa shape index (κ3) is 6.94. The number of alkyl halides is 6. The first-order valence-electron chi connectivity index (χ1n) is 9.67. The van der Waals surface area contributed by atoms with Crippen LogP contribution < -0.4 is 14.8 Å². The topological polar surface area (TPSA) is 93.6 Å². The highest BCUT2D eigenvalue weighted by Gasteiger charge is 2.40. The zero-order chi connectivity index (χ0) is 24.4. The normalized spacial score (nSPS) is 16.1. The van der Waals surface area contributed by atoms with Gasteiger partial charge in [-0.2, -0.15) is 26.3 Å². The van der Waals surface area contributed by atoms with Crippen molar-refractivity contribution in [1.29, 1.82) is 0 Å². The number of nitrogens with one attached hydrogen (secondary N) is 1. The van der Waals surface area contributed by atoms with Crippen molar-refractivity contribution in [2.24, 2.45) is 5.92 Å². The molecule has 1 heterocycles. The van der Waals surface area contributed by atoms with Gasteiger partial charge in [-0.05, 0) is 37.8 Å². The van der Waals surface area contributed by atoms with E-state index in [0.29, 0.717) is 12.1 Å². The lowest BCUT2D eigenvalue weighted by Crippen LogP contribution is -2.43. The van der Waals surface area contributed by atoms with Crippen LogP contribution in [0.4, 0.5) is 31.1 Å². The molecule has 180 valence electrons. The molecule has 1 fully saturated rings. The molecule has 13 heteroatoms. The largest absolute Gasteiger partial charge is 0.466 e. The third-order valence-electron chi connectivity index (χ3n) is 4.82. The van der Waals surface area contributed by atoms with E-state index in [4.69, 9.17) is 4.74 Å². The van der Waals surface area contributed by atoms with Crippen LogP contribution in [0.25, 0.3) is 11.3 Å². The number of halogens is 6. The Hall–Kier alpha value is -3.09. The molecule has 7 nitrogen and oxygen atoms in total. The molecule has 0 aliphatic heterocycles. The highest BCUT2D eigenvalue weighted by molar-refractivity contribution is 5.71. The fourth-order valence-corrected chi connectivity index (χ4v) is 2.90. The van der Waals surface area contributed by atoms with E-state index in [1.54, 1.807) is 6.92 Å². The Morgan fingerprint density at radius 3 is 2.33 bits per heavy atom. The number of amides is 1. The SMILES string of the molecule is C[C@](O)(CNC(=O)Oc1cnc(OCC(F)(F)F)c(-c2ccc(C(F)(F)F)cc2)n1)C1CC1. The maximum absolute atomic E-state index is 12.8. The van der Waals surface area contributed by atoms with Gasteiger partial charge in [0, 0.05) is 12.1 Å². The summed E-state index contributed by atoms with van der Waals surface area (Å²) < 4.78 is 85.7. The summed E-state index contributed by atoms with van der Waals surface area (Å²) >= 11 is 0. The number of rotatable bonds is 7. The zero-order valence-electron chi connectivity index (χ0n) is 17.1. The Balaban J connectivity index is 1.80. The Labute approximate surface area is 183 Å². The summed E-state index contributed by atoms with van der Waals surface area (Å²) in [5, 5.41) is 12.6. The van der Waals surface area contributed by atoms with Crippen molar-refractivity contribution in [3.8, 4) is 23.0 Å². The summed E-state index contributed by atoms with van der Waals surface area (Å²) in [6.45, 7) is -0.269. The third-order valence-corrected chi connectivity index (χ3v) is 4.82. The molecular weight excluding hydrogens is 460 g/mol. The number of aromatic nitrogens is 2. The number of nitrogens with zero attached hydrogens (tertiary/aromatic N) is 2. The lowest BCUT2D eigenvalue weighted by Gasteiger charge is -2.22. The van der Waals surface area contributed by atoms with Gasteiger partial charge >= 0.3 is 18.4 Å². The van der Waals surface area contributed by atoms with E-state index < -0.39 is 48.0 Å². The molecule has 1 saturated carbocycles. The number of hydrogen-bond acceptors (Lipinski definition) is 6. The molecule has 0 radical (unpaired) electrons. The molecule has 1 aromatic heterocycles. The average molecular weight is 479 g/mol. The van der Waals surface area contributed by atoms with Crippen molar-refractivity contribution in [3.05, 3.63) is 36.0 Å². The predicted molar refractivity (Wildman–Crippen MR) is 101 cm³/mol. The van der Waals surface area contributed by atoms with Crippen molar-refractivity contribution in [3.63, 3.8) is 0 Å². The smallest absolute Gasteiger partial charge is 0.422 e. The van der Waals surface area contributed by atoms with E-state index in [-0.39, 0.29) is 23.7 Å². The molecule has 2 aromatic rings. The van der Waals surface area contributed by atoms with Crippen molar-refractivity contribution in [2.75, 3.05) is 13.2 Å². The van der Waals surface area contributed by atoms with Gasteiger partial charge in [-0.1, -0.05) is 12.1 Å². The summed E-state index contributed by atoms with van der Waals surface area (Å²) in [4.78, 5) is 19.6. The lowest BCUT2D eigenvalue weighted by molar-refractivity contribution is -0.154. The average Bonchev–Trinajstić information content (AvgIpc) is 3.56. The van der Waals surface area contributed by atoms with E-state index in [0.717, 1.165) is 31.2 Å². The summed E-state index contributed by atoms with van der Waals surface area (Å²) in [5.74, 6) is -1.00. The number of carbonyl (C=O) groups is 1. The molecule has 1 amide bonds. The second-order valence-electron chi connectivity index (χ2n) is 7.72. The quantitative estimate of drug-likeness (QED) is 0.574. The first-order chi connectivity index (χ1) is 15.2. The fourth-order valence-electron chi connectivity index (χ4n) is 2.90. The Bertz CT molecular complexity index is 989. The first-order valence-corrected chi connectivity index (χ1v) is 9.67. The molecule has 1 aromatic carbocycles. The van der Waals surface area contributed by atoms with E-state index in [9.17, 15) is 36.2 Å². The number of benzene rings is 1. The molecular formula is C20H19F6N3O4. The van der Waals surface area contributed by atoms with Gasteiger partial charge in [-0.15, -0.1) is 0 Å². The minimum atomic E-state index is -4.70. The van der Waals surface area contributed by atoms with Crippen molar-refractivity contribution in [1.82, 2.24) is 15.3 Å². The second kappa shape index (κ2) is 9.04. The van der Waals surface area contributed by atoms with E-state index in [1.807, 2.05) is 0 Å². The molecule has 1 aliphatic carbocycles. The number of carbonyl (C=O) groups excluding carboxylic acids is 1. The number of hydrogen-bond donors (Lipinski definition) is 2. The van der Waals surface area contributed by atoms with Crippen LogP contribution in [0.5, 0.6) is 11.8 Å². The summed E-state index contributed by atoms with van der Waals surface area (Å²) in [6, 6.07) is 3.38.